The molecule has 0 aliphatic heterocycles. The van der Waals surface area contributed by atoms with Crippen LogP contribution in [0.25, 0.3) is 0 Å². The van der Waals surface area contributed by atoms with E-state index in [1.807, 2.05) is 6.92 Å². The Kier molecular flexibility index (Phi) is 5.23. The number of nitrogens with zero attached hydrogens (tertiary/aromatic N) is 3. The monoisotopic (exact) mass is 344 g/mol. The van der Waals surface area contributed by atoms with Gasteiger partial charge in [-0.1, -0.05) is 19.1 Å². The lowest BCUT2D eigenvalue weighted by atomic mass is 10.1. The molecule has 0 radical (unpaired) electrons. The molecule has 132 valence electrons. The molecule has 1 saturated carbocycles. The molecule has 1 aromatic heterocycles. The number of hydrogen-bond donors (Lipinski definition) is 2. The molecule has 1 aromatic carbocycles. The van der Waals surface area contributed by atoms with Gasteiger partial charge in [-0.25, -0.2) is 19.2 Å². The second kappa shape index (κ2) is 7.57. The van der Waals surface area contributed by atoms with E-state index in [-0.39, 0.29) is 24.4 Å². The van der Waals surface area contributed by atoms with Gasteiger partial charge in [-0.05, 0) is 30.5 Å². The zero-order valence-electron chi connectivity index (χ0n) is 14.0. The molecule has 1 aliphatic carbocycles. The van der Waals surface area contributed by atoms with Gasteiger partial charge in [-0.3, -0.25) is 0 Å². The van der Waals surface area contributed by atoms with Gasteiger partial charge >= 0.3 is 6.03 Å². The molecule has 2 amide bonds. The number of amides is 2. The molecule has 1 atom stereocenters. The third-order valence-corrected chi connectivity index (χ3v) is 4.15. The predicted molar refractivity (Wildman–Crippen MR) is 91.5 cm³/mol. The maximum atomic E-state index is 13.0. The van der Waals surface area contributed by atoms with E-state index in [0.29, 0.717) is 17.1 Å². The van der Waals surface area contributed by atoms with Crippen LogP contribution in [0.15, 0.2) is 36.7 Å². The fraction of sp³-hybridized carbons (Fsp3) is 0.389. The van der Waals surface area contributed by atoms with E-state index >= 15 is 0 Å². The van der Waals surface area contributed by atoms with Crippen molar-refractivity contribution in [2.75, 3.05) is 11.9 Å². The van der Waals surface area contributed by atoms with Crippen LogP contribution < -0.4 is 5.32 Å². The van der Waals surface area contributed by atoms with E-state index in [2.05, 4.69) is 15.3 Å². The van der Waals surface area contributed by atoms with E-state index < -0.39 is 6.10 Å². The Morgan fingerprint density at radius 1 is 1.32 bits per heavy atom. The first-order valence-corrected chi connectivity index (χ1v) is 8.39. The molecule has 1 aliphatic rings. The number of benzene rings is 1. The molecule has 3 rings (SSSR count). The zero-order valence-corrected chi connectivity index (χ0v) is 14.0. The van der Waals surface area contributed by atoms with Gasteiger partial charge in [0.2, 0.25) is 0 Å². The third-order valence-electron chi connectivity index (χ3n) is 4.15. The number of aliphatic hydroxyl groups is 1. The van der Waals surface area contributed by atoms with Gasteiger partial charge in [0.1, 0.15) is 11.6 Å². The molecule has 2 N–H and O–H groups in total. The number of rotatable bonds is 6. The molecule has 1 fully saturated rings. The van der Waals surface area contributed by atoms with Crippen LogP contribution in [-0.2, 0) is 6.42 Å². The first-order valence-electron chi connectivity index (χ1n) is 8.39. The van der Waals surface area contributed by atoms with Crippen LogP contribution in [0.2, 0.25) is 0 Å². The van der Waals surface area contributed by atoms with Crippen molar-refractivity contribution < 1.29 is 14.3 Å². The number of carbonyl (C=O) groups is 1. The van der Waals surface area contributed by atoms with Crippen molar-refractivity contribution in [3.05, 3.63) is 53.9 Å². The molecule has 1 unspecified atom stereocenters. The van der Waals surface area contributed by atoms with Gasteiger partial charge in [-0.2, -0.15) is 0 Å². The number of halogens is 1. The number of aryl methyl sites for hydroxylation is 1. The van der Waals surface area contributed by atoms with E-state index in [1.54, 1.807) is 17.3 Å². The average Bonchev–Trinajstić information content (AvgIpc) is 3.45. The number of nitrogens with one attached hydrogen (secondary N) is 1. The highest BCUT2D eigenvalue weighted by molar-refractivity contribution is 5.89. The normalized spacial score (nSPS) is 14.8. The molecular formula is C18H21FN4O2. The summed E-state index contributed by atoms with van der Waals surface area (Å²) in [4.78, 5) is 22.5. The highest BCUT2D eigenvalue weighted by Crippen LogP contribution is 2.29. The second-order valence-electron chi connectivity index (χ2n) is 6.12. The number of urea groups is 1. The van der Waals surface area contributed by atoms with E-state index in [9.17, 15) is 14.3 Å². The van der Waals surface area contributed by atoms with Crippen molar-refractivity contribution in [1.29, 1.82) is 0 Å². The minimum atomic E-state index is -0.870. The topological polar surface area (TPSA) is 78.4 Å². The quantitative estimate of drug-likeness (QED) is 0.844. The van der Waals surface area contributed by atoms with Gasteiger partial charge in [0.15, 0.2) is 0 Å². The SMILES string of the molecule is CCc1ncc(NC(=O)N(CC(O)c2ccc(F)cc2)C2CC2)cn1. The molecule has 7 heteroatoms. The minimum absolute atomic E-state index is 0.117. The predicted octanol–water partition coefficient (Wildman–Crippen LogP) is 2.91. The van der Waals surface area contributed by atoms with Crippen LogP contribution in [0.3, 0.4) is 0 Å². The van der Waals surface area contributed by atoms with Gasteiger partial charge in [0, 0.05) is 12.5 Å². The number of aliphatic hydroxyl groups excluding tert-OH is 1. The highest BCUT2D eigenvalue weighted by Gasteiger charge is 2.34. The summed E-state index contributed by atoms with van der Waals surface area (Å²) >= 11 is 0. The molecule has 25 heavy (non-hydrogen) atoms. The van der Waals surface area contributed by atoms with Gasteiger partial charge in [-0.15, -0.1) is 0 Å². The molecule has 0 bridgehead atoms. The Labute approximate surface area is 145 Å². The molecule has 0 spiro atoms. The number of hydrogen-bond acceptors (Lipinski definition) is 4. The maximum Gasteiger partial charge on any atom is 0.322 e. The molecule has 6 nitrogen and oxygen atoms in total. The fourth-order valence-corrected chi connectivity index (χ4v) is 2.56. The van der Waals surface area contributed by atoms with Crippen LogP contribution in [0.4, 0.5) is 14.9 Å². The highest BCUT2D eigenvalue weighted by atomic mass is 19.1. The largest absolute Gasteiger partial charge is 0.387 e. The third kappa shape index (κ3) is 4.51. The molecule has 1 heterocycles. The van der Waals surface area contributed by atoms with Crippen molar-refractivity contribution in [3.63, 3.8) is 0 Å². The van der Waals surface area contributed by atoms with Crippen LogP contribution in [-0.4, -0.2) is 38.6 Å². The molecular weight excluding hydrogens is 323 g/mol. The first kappa shape index (κ1) is 17.3. The molecule has 2 aromatic rings. The van der Waals surface area contributed by atoms with Crippen molar-refractivity contribution in [2.24, 2.45) is 0 Å². The van der Waals surface area contributed by atoms with Crippen molar-refractivity contribution in [2.45, 2.75) is 38.3 Å². The standard InChI is InChI=1S/C18H21FN4O2/c1-2-17-20-9-14(10-21-17)22-18(25)23(15-7-8-15)11-16(24)12-3-5-13(19)6-4-12/h3-6,9-10,15-16,24H,2,7-8,11H2,1H3,(H,22,25). The number of aromatic nitrogens is 2. The lowest BCUT2D eigenvalue weighted by Gasteiger charge is -2.25. The zero-order chi connectivity index (χ0) is 17.8. The van der Waals surface area contributed by atoms with E-state index in [0.717, 1.165) is 19.3 Å². The Balaban J connectivity index is 1.65. The summed E-state index contributed by atoms with van der Waals surface area (Å²) < 4.78 is 13.0. The Bertz CT molecular complexity index is 717. The van der Waals surface area contributed by atoms with Crippen LogP contribution in [0.5, 0.6) is 0 Å². The summed E-state index contributed by atoms with van der Waals surface area (Å²) in [7, 11) is 0. The van der Waals surface area contributed by atoms with Crippen LogP contribution >= 0.6 is 0 Å². The van der Waals surface area contributed by atoms with Gasteiger partial charge in [0.05, 0.1) is 30.7 Å². The smallest absolute Gasteiger partial charge is 0.322 e. The van der Waals surface area contributed by atoms with Crippen molar-refractivity contribution in [1.82, 2.24) is 14.9 Å². The first-order chi connectivity index (χ1) is 12.1. The summed E-state index contributed by atoms with van der Waals surface area (Å²) in [6.07, 6.45) is 4.83. The van der Waals surface area contributed by atoms with Crippen molar-refractivity contribution in [3.8, 4) is 0 Å². The van der Waals surface area contributed by atoms with Gasteiger partial charge < -0.3 is 15.3 Å². The van der Waals surface area contributed by atoms with Crippen LogP contribution in [0.1, 0.15) is 37.3 Å². The lowest BCUT2D eigenvalue weighted by Crippen LogP contribution is -2.39. The maximum absolute atomic E-state index is 13.0. The van der Waals surface area contributed by atoms with Gasteiger partial charge in [0.25, 0.3) is 0 Å². The van der Waals surface area contributed by atoms with E-state index in [4.69, 9.17) is 0 Å². The minimum Gasteiger partial charge on any atom is -0.387 e. The Morgan fingerprint density at radius 2 is 1.96 bits per heavy atom. The summed E-state index contributed by atoms with van der Waals surface area (Å²) in [6.45, 7) is 2.11. The van der Waals surface area contributed by atoms with E-state index in [1.165, 1.54) is 24.3 Å². The summed E-state index contributed by atoms with van der Waals surface area (Å²) in [6, 6.07) is 5.47. The summed E-state index contributed by atoms with van der Waals surface area (Å²) in [5.74, 6) is 0.354. The lowest BCUT2D eigenvalue weighted by molar-refractivity contribution is 0.123. The van der Waals surface area contributed by atoms with Crippen LogP contribution in [0, 0.1) is 5.82 Å². The Morgan fingerprint density at radius 3 is 2.52 bits per heavy atom. The summed E-state index contributed by atoms with van der Waals surface area (Å²) in [5.41, 5.74) is 1.10. The fourth-order valence-electron chi connectivity index (χ4n) is 2.56. The Hall–Kier alpha value is -2.54. The number of anilines is 1. The summed E-state index contributed by atoms with van der Waals surface area (Å²) in [5, 5.41) is 13.1. The van der Waals surface area contributed by atoms with Crippen molar-refractivity contribution >= 4 is 11.7 Å². The second-order valence-corrected chi connectivity index (χ2v) is 6.12. The molecule has 0 saturated heterocycles. The average molecular weight is 344 g/mol. The number of carbonyl (C=O) groups excluding carboxylic acids is 1.